The van der Waals surface area contributed by atoms with Gasteiger partial charge in [-0.2, -0.15) is 0 Å². The van der Waals surface area contributed by atoms with E-state index < -0.39 is 0 Å². The number of rotatable bonds is 6. The molecule has 0 aliphatic carbocycles. The summed E-state index contributed by atoms with van der Waals surface area (Å²) in [7, 11) is 0. The van der Waals surface area contributed by atoms with E-state index in [1.807, 2.05) is 0 Å². The second kappa shape index (κ2) is 6.82. The Morgan fingerprint density at radius 2 is 2.07 bits per heavy atom. The largest absolute Gasteiger partial charge is 0.356 e. The molecule has 1 fully saturated rings. The molecule has 1 aliphatic rings. The topological polar surface area (TPSA) is 32.3 Å². The number of likely N-dealkylation sites (tertiary alicyclic amines) is 1. The summed E-state index contributed by atoms with van der Waals surface area (Å²) < 4.78 is 0. The van der Waals surface area contributed by atoms with Gasteiger partial charge < -0.3 is 10.2 Å². The molecule has 82 valence electrons. The average molecular weight is 198 g/mol. The van der Waals surface area contributed by atoms with Crippen molar-refractivity contribution in [3.63, 3.8) is 0 Å². The molecule has 3 nitrogen and oxygen atoms in total. The summed E-state index contributed by atoms with van der Waals surface area (Å²) in [5, 5.41) is 2.87. The first-order valence-corrected chi connectivity index (χ1v) is 5.79. The Bertz CT molecular complexity index is 153. The van der Waals surface area contributed by atoms with Crippen molar-refractivity contribution < 1.29 is 4.79 Å². The Kier molecular flexibility index (Phi) is 5.60. The number of carbonyl (C=O) groups excluding carboxylic acids is 1. The molecule has 1 heterocycles. The molecule has 0 radical (unpaired) electrons. The number of piperidine rings is 1. The molecule has 1 rings (SSSR count). The minimum Gasteiger partial charge on any atom is -0.356 e. The minimum atomic E-state index is 0.426. The number of hydrogen-bond acceptors (Lipinski definition) is 2. The van der Waals surface area contributed by atoms with Crippen LogP contribution < -0.4 is 5.32 Å². The van der Waals surface area contributed by atoms with Crippen molar-refractivity contribution in [1.82, 2.24) is 10.2 Å². The van der Waals surface area contributed by atoms with Crippen LogP contribution in [0.2, 0.25) is 0 Å². The highest BCUT2D eigenvalue weighted by atomic mass is 16.1. The molecular formula is C11H22N2O. The van der Waals surface area contributed by atoms with Crippen LogP contribution in [0.1, 0.15) is 39.0 Å². The summed E-state index contributed by atoms with van der Waals surface area (Å²) in [6.07, 6.45) is 7.02. The van der Waals surface area contributed by atoms with Crippen LogP contribution in [-0.4, -0.2) is 37.0 Å². The molecule has 1 N–H and O–H groups in total. The molecule has 0 aromatic heterocycles. The van der Waals surface area contributed by atoms with E-state index in [0.717, 1.165) is 32.3 Å². The van der Waals surface area contributed by atoms with Crippen LogP contribution in [0, 0.1) is 0 Å². The monoisotopic (exact) mass is 198 g/mol. The van der Waals surface area contributed by atoms with Crippen LogP contribution in [0.25, 0.3) is 0 Å². The van der Waals surface area contributed by atoms with Gasteiger partial charge in [-0.25, -0.2) is 0 Å². The molecule has 0 aromatic rings. The number of amides is 1. The van der Waals surface area contributed by atoms with Crippen molar-refractivity contribution >= 4 is 6.41 Å². The van der Waals surface area contributed by atoms with Crippen molar-refractivity contribution in [2.75, 3.05) is 19.6 Å². The van der Waals surface area contributed by atoms with E-state index in [1.54, 1.807) is 0 Å². The van der Waals surface area contributed by atoms with Gasteiger partial charge in [-0.15, -0.1) is 0 Å². The van der Waals surface area contributed by atoms with E-state index in [4.69, 9.17) is 0 Å². The normalized spacial score (nSPS) is 19.5. The lowest BCUT2D eigenvalue weighted by molar-refractivity contribution is -0.110. The lowest BCUT2D eigenvalue weighted by atomic mass is 10.1. The van der Waals surface area contributed by atoms with Crippen LogP contribution in [0.3, 0.4) is 0 Å². The van der Waals surface area contributed by atoms with Crippen molar-refractivity contribution in [3.8, 4) is 0 Å². The number of hydrogen-bond donors (Lipinski definition) is 1. The number of nitrogens with one attached hydrogen (secondary N) is 1. The number of unbranched alkanes of at least 4 members (excludes halogenated alkanes) is 2. The molecular weight excluding hydrogens is 176 g/mol. The van der Waals surface area contributed by atoms with E-state index in [2.05, 4.69) is 17.1 Å². The van der Waals surface area contributed by atoms with Gasteiger partial charge in [0.1, 0.15) is 0 Å². The maximum Gasteiger partial charge on any atom is 0.207 e. The van der Waals surface area contributed by atoms with Crippen LogP contribution in [0.4, 0.5) is 0 Å². The van der Waals surface area contributed by atoms with Crippen LogP contribution >= 0.6 is 0 Å². The van der Waals surface area contributed by atoms with Gasteiger partial charge in [0.15, 0.2) is 0 Å². The average Bonchev–Trinajstić information content (AvgIpc) is 2.21. The highest BCUT2D eigenvalue weighted by Gasteiger charge is 2.17. The van der Waals surface area contributed by atoms with Crippen molar-refractivity contribution in [1.29, 1.82) is 0 Å². The van der Waals surface area contributed by atoms with Gasteiger partial charge in [-0.3, -0.25) is 4.79 Å². The maximum atomic E-state index is 10.2. The standard InChI is InChI=1S/C11H22N2O/c1-2-3-4-7-13-8-5-11(6-9-13)12-10-14/h10-11H,2-9H2,1H3,(H,12,14). The fourth-order valence-electron chi connectivity index (χ4n) is 2.00. The molecule has 1 amide bonds. The van der Waals surface area contributed by atoms with Gasteiger partial charge in [0.25, 0.3) is 0 Å². The van der Waals surface area contributed by atoms with Crippen LogP contribution in [0.15, 0.2) is 0 Å². The summed E-state index contributed by atoms with van der Waals surface area (Å²) in [5.74, 6) is 0. The van der Waals surface area contributed by atoms with E-state index in [0.29, 0.717) is 6.04 Å². The molecule has 3 heteroatoms. The lowest BCUT2D eigenvalue weighted by Gasteiger charge is -2.31. The molecule has 1 aliphatic heterocycles. The van der Waals surface area contributed by atoms with Gasteiger partial charge in [0, 0.05) is 19.1 Å². The fourth-order valence-corrected chi connectivity index (χ4v) is 2.00. The molecule has 1 saturated heterocycles. The highest BCUT2D eigenvalue weighted by Crippen LogP contribution is 2.10. The third-order valence-corrected chi connectivity index (χ3v) is 2.97. The Hall–Kier alpha value is -0.570. The first-order valence-electron chi connectivity index (χ1n) is 5.79. The molecule has 0 saturated carbocycles. The van der Waals surface area contributed by atoms with Gasteiger partial charge in [0.2, 0.25) is 6.41 Å². The number of carbonyl (C=O) groups is 1. The molecule has 0 aromatic carbocycles. The molecule has 14 heavy (non-hydrogen) atoms. The zero-order valence-electron chi connectivity index (χ0n) is 9.17. The third kappa shape index (κ3) is 4.09. The maximum absolute atomic E-state index is 10.2. The molecule has 0 bridgehead atoms. The SMILES string of the molecule is CCCCCN1CCC(NC=O)CC1. The van der Waals surface area contributed by atoms with Crippen molar-refractivity contribution in [3.05, 3.63) is 0 Å². The first-order chi connectivity index (χ1) is 6.86. The first kappa shape index (κ1) is 11.5. The summed E-state index contributed by atoms with van der Waals surface area (Å²) >= 11 is 0. The lowest BCUT2D eigenvalue weighted by Crippen LogP contribution is -2.42. The Morgan fingerprint density at radius 3 is 2.64 bits per heavy atom. The summed E-state index contributed by atoms with van der Waals surface area (Å²) in [5.41, 5.74) is 0. The summed E-state index contributed by atoms with van der Waals surface area (Å²) in [6.45, 7) is 5.77. The Balaban J connectivity index is 2.06. The fraction of sp³-hybridized carbons (Fsp3) is 0.909. The Labute approximate surface area is 86.9 Å². The predicted octanol–water partition coefficient (Wildman–Crippen LogP) is 1.39. The quantitative estimate of drug-likeness (QED) is 0.516. The molecule has 0 unspecified atom stereocenters. The zero-order chi connectivity index (χ0) is 10.2. The van der Waals surface area contributed by atoms with E-state index in [1.165, 1.54) is 25.8 Å². The molecule has 0 atom stereocenters. The van der Waals surface area contributed by atoms with E-state index in [-0.39, 0.29) is 0 Å². The third-order valence-electron chi connectivity index (χ3n) is 2.97. The van der Waals surface area contributed by atoms with Crippen molar-refractivity contribution in [2.24, 2.45) is 0 Å². The summed E-state index contributed by atoms with van der Waals surface area (Å²) in [4.78, 5) is 12.8. The number of nitrogens with zero attached hydrogens (tertiary/aromatic N) is 1. The van der Waals surface area contributed by atoms with Gasteiger partial charge in [0.05, 0.1) is 0 Å². The molecule has 0 spiro atoms. The van der Waals surface area contributed by atoms with E-state index >= 15 is 0 Å². The van der Waals surface area contributed by atoms with Crippen LogP contribution in [0.5, 0.6) is 0 Å². The smallest absolute Gasteiger partial charge is 0.207 e. The van der Waals surface area contributed by atoms with Gasteiger partial charge >= 0.3 is 0 Å². The minimum absolute atomic E-state index is 0.426. The highest BCUT2D eigenvalue weighted by molar-refractivity contribution is 5.46. The van der Waals surface area contributed by atoms with Crippen molar-refractivity contribution in [2.45, 2.75) is 45.1 Å². The second-order valence-electron chi connectivity index (χ2n) is 4.11. The van der Waals surface area contributed by atoms with Gasteiger partial charge in [-0.05, 0) is 25.8 Å². The van der Waals surface area contributed by atoms with E-state index in [9.17, 15) is 4.79 Å². The Morgan fingerprint density at radius 1 is 1.36 bits per heavy atom. The van der Waals surface area contributed by atoms with Crippen LogP contribution in [-0.2, 0) is 4.79 Å². The predicted molar refractivity (Wildman–Crippen MR) is 58.2 cm³/mol. The summed E-state index contributed by atoms with van der Waals surface area (Å²) in [6, 6.07) is 0.426. The van der Waals surface area contributed by atoms with Gasteiger partial charge in [-0.1, -0.05) is 19.8 Å². The zero-order valence-corrected chi connectivity index (χ0v) is 9.17. The second-order valence-corrected chi connectivity index (χ2v) is 4.11.